The first kappa shape index (κ1) is 31.7. The second-order valence-electron chi connectivity index (χ2n) is 11.7. The van der Waals surface area contributed by atoms with Crippen LogP contribution in [0.15, 0.2) is 25.3 Å². The van der Waals surface area contributed by atoms with Crippen molar-refractivity contribution in [2.24, 2.45) is 11.8 Å². The molecule has 3 heterocycles. The topological polar surface area (TPSA) is 125 Å². The Kier molecular flexibility index (Phi) is 10.7. The van der Waals surface area contributed by atoms with Gasteiger partial charge in [-0.3, -0.25) is 19.2 Å². The van der Waals surface area contributed by atoms with Gasteiger partial charge in [0, 0.05) is 37.0 Å². The van der Waals surface area contributed by atoms with Crippen LogP contribution in [0, 0.1) is 11.8 Å². The van der Waals surface area contributed by atoms with Crippen LogP contribution in [0.1, 0.15) is 64.7 Å². The summed E-state index contributed by atoms with van der Waals surface area (Å²) >= 11 is 3.68. The molecule has 0 aromatic heterocycles. The molecule has 0 aromatic carbocycles. The number of alkyl halides is 1. The number of aliphatic hydroxyl groups is 1. The molecule has 1 saturated carbocycles. The number of nitrogens with zero attached hydrogens (tertiary/aromatic N) is 2. The van der Waals surface area contributed by atoms with Crippen LogP contribution in [-0.4, -0.2) is 99.6 Å². The maximum absolute atomic E-state index is 14.4. The van der Waals surface area contributed by atoms with E-state index in [0.717, 1.165) is 32.1 Å². The highest BCUT2D eigenvalue weighted by Gasteiger charge is 2.77. The second-order valence-corrected chi connectivity index (χ2v) is 12.9. The molecule has 4 rings (SSSR count). The van der Waals surface area contributed by atoms with Crippen molar-refractivity contribution in [3.05, 3.63) is 25.3 Å². The van der Waals surface area contributed by atoms with Crippen LogP contribution in [0.4, 0.5) is 0 Å². The maximum Gasteiger partial charge on any atom is 0.312 e. The molecule has 3 amide bonds. The number of ether oxygens (including phenoxy) is 2. The average Bonchev–Trinajstić information content (AvgIpc) is 3.55. The van der Waals surface area contributed by atoms with E-state index >= 15 is 0 Å². The molecule has 228 valence electrons. The van der Waals surface area contributed by atoms with Crippen LogP contribution in [0.2, 0.25) is 0 Å². The molecule has 7 atom stereocenters. The van der Waals surface area contributed by atoms with E-state index in [1.807, 2.05) is 4.90 Å². The molecule has 4 fully saturated rings. The lowest BCUT2D eigenvalue weighted by atomic mass is 9.70. The summed E-state index contributed by atoms with van der Waals surface area (Å²) in [5.41, 5.74) is -1.18. The number of amides is 3. The highest BCUT2D eigenvalue weighted by molar-refractivity contribution is 9.09. The Bertz CT molecular complexity index is 1020. The van der Waals surface area contributed by atoms with E-state index in [-0.39, 0.29) is 48.3 Å². The first-order valence-electron chi connectivity index (χ1n) is 14.9. The summed E-state index contributed by atoms with van der Waals surface area (Å²) in [6, 6.07) is -0.848. The number of nitrogens with one attached hydrogen (secondary N) is 1. The van der Waals surface area contributed by atoms with E-state index < -0.39 is 41.7 Å². The van der Waals surface area contributed by atoms with Crippen molar-refractivity contribution in [2.75, 3.05) is 26.2 Å². The van der Waals surface area contributed by atoms with Crippen molar-refractivity contribution in [3.63, 3.8) is 0 Å². The van der Waals surface area contributed by atoms with E-state index in [1.165, 1.54) is 4.90 Å². The molecule has 0 radical (unpaired) electrons. The Labute approximate surface area is 251 Å². The lowest BCUT2D eigenvalue weighted by Gasteiger charge is -2.41. The summed E-state index contributed by atoms with van der Waals surface area (Å²) < 4.78 is 12.3. The number of esters is 1. The van der Waals surface area contributed by atoms with Crippen LogP contribution >= 0.6 is 15.9 Å². The number of fused-ring (bicyclic) bond motifs is 1. The number of carbonyl (C=O) groups is 4. The number of carbonyl (C=O) groups excluding carboxylic acids is 4. The Morgan fingerprint density at radius 2 is 2.00 bits per heavy atom. The monoisotopic (exact) mass is 637 g/mol. The second kappa shape index (κ2) is 13.8. The lowest BCUT2D eigenvalue weighted by Crippen LogP contribution is -2.58. The molecule has 4 aliphatic rings. The van der Waals surface area contributed by atoms with Crippen molar-refractivity contribution >= 4 is 39.6 Å². The molecular formula is C30H44BrN3O7. The van der Waals surface area contributed by atoms with E-state index in [4.69, 9.17) is 9.47 Å². The highest BCUT2D eigenvalue weighted by Crippen LogP contribution is 2.60. The number of hydrogen-bond acceptors (Lipinski definition) is 7. The van der Waals surface area contributed by atoms with Gasteiger partial charge in [0.15, 0.2) is 0 Å². The SMILES string of the molecule is C=CCCC(=O)NC[C@H](C)OC(=O)[C@@H]1[C@H]2O[C@@]3(CC2Br)[C@H](C(=O)N(CC=C)C2CCCCC2)N(CCCO)C(=O)[C@@H]13. The molecule has 3 saturated heterocycles. The van der Waals surface area contributed by atoms with Crippen molar-refractivity contribution in [1.82, 2.24) is 15.1 Å². The Morgan fingerprint density at radius 1 is 1.27 bits per heavy atom. The Morgan fingerprint density at radius 3 is 2.66 bits per heavy atom. The summed E-state index contributed by atoms with van der Waals surface area (Å²) in [4.78, 5) is 57.2. The largest absolute Gasteiger partial charge is 0.460 e. The summed E-state index contributed by atoms with van der Waals surface area (Å²) in [6.45, 7) is 9.74. The zero-order valence-electron chi connectivity index (χ0n) is 24.0. The van der Waals surface area contributed by atoms with Crippen molar-refractivity contribution in [3.8, 4) is 0 Å². The molecule has 0 aromatic rings. The van der Waals surface area contributed by atoms with Gasteiger partial charge in [-0.1, -0.05) is 47.3 Å². The fourth-order valence-corrected chi connectivity index (χ4v) is 8.11. The minimum atomic E-state index is -1.18. The molecule has 11 heteroatoms. The molecule has 1 aliphatic carbocycles. The smallest absolute Gasteiger partial charge is 0.312 e. The first-order valence-corrected chi connectivity index (χ1v) is 15.8. The van der Waals surface area contributed by atoms with Crippen molar-refractivity contribution in [1.29, 1.82) is 0 Å². The summed E-state index contributed by atoms with van der Waals surface area (Å²) in [5, 5.41) is 12.3. The minimum Gasteiger partial charge on any atom is -0.460 e. The first-order chi connectivity index (χ1) is 19.7. The predicted octanol–water partition coefficient (Wildman–Crippen LogP) is 2.48. The third-order valence-electron chi connectivity index (χ3n) is 8.96. The van der Waals surface area contributed by atoms with Crippen LogP contribution in [0.5, 0.6) is 0 Å². The maximum atomic E-state index is 14.4. The zero-order valence-corrected chi connectivity index (χ0v) is 25.6. The lowest BCUT2D eigenvalue weighted by molar-refractivity contribution is -0.159. The minimum absolute atomic E-state index is 0.0566. The number of rotatable bonds is 14. The quantitative estimate of drug-likeness (QED) is 0.170. The summed E-state index contributed by atoms with van der Waals surface area (Å²) in [7, 11) is 0. The molecule has 2 N–H and O–H groups in total. The summed E-state index contributed by atoms with van der Waals surface area (Å²) in [6.07, 6.45) is 8.73. The number of likely N-dealkylation sites (tertiary alicyclic amines) is 1. The fourth-order valence-electron chi connectivity index (χ4n) is 7.17. The third-order valence-corrected chi connectivity index (χ3v) is 9.80. The van der Waals surface area contributed by atoms with Gasteiger partial charge >= 0.3 is 5.97 Å². The normalized spacial score (nSPS) is 31.4. The van der Waals surface area contributed by atoms with Crippen LogP contribution in [0.25, 0.3) is 0 Å². The van der Waals surface area contributed by atoms with Crippen LogP contribution in [0.3, 0.4) is 0 Å². The molecule has 41 heavy (non-hydrogen) atoms. The van der Waals surface area contributed by atoms with E-state index in [1.54, 1.807) is 19.1 Å². The molecule has 10 nitrogen and oxygen atoms in total. The van der Waals surface area contributed by atoms with E-state index in [9.17, 15) is 24.3 Å². The van der Waals surface area contributed by atoms with Crippen molar-refractivity contribution < 1.29 is 33.8 Å². The van der Waals surface area contributed by atoms with E-state index in [2.05, 4.69) is 34.4 Å². The van der Waals surface area contributed by atoms with Gasteiger partial charge in [-0.05, 0) is 39.0 Å². The number of aliphatic hydroxyl groups excluding tert-OH is 1. The number of allylic oxidation sites excluding steroid dienone is 1. The fraction of sp³-hybridized carbons (Fsp3) is 0.733. The van der Waals surface area contributed by atoms with Gasteiger partial charge in [0.1, 0.15) is 17.7 Å². The zero-order chi connectivity index (χ0) is 29.7. The van der Waals surface area contributed by atoms with Gasteiger partial charge in [-0.25, -0.2) is 0 Å². The predicted molar refractivity (Wildman–Crippen MR) is 156 cm³/mol. The summed E-state index contributed by atoms with van der Waals surface area (Å²) in [5.74, 6) is -2.99. The Balaban J connectivity index is 1.58. The van der Waals surface area contributed by atoms with Crippen LogP contribution < -0.4 is 5.32 Å². The standard InChI is InChI=1S/C30H44BrN3O7/c1-4-6-13-22(36)32-18-19(3)40-29(39)23-24-27(37)34(15-10-16-35)26(30(24)17-21(31)25(23)41-30)28(38)33(14-5-2)20-11-8-7-9-12-20/h4-5,19-21,23-26,35H,1-2,6-18H2,3H3,(H,32,36)/t19-,21?,23-,24+,25-,26-,30+/m0/s1. The van der Waals surface area contributed by atoms with Crippen molar-refractivity contribution in [2.45, 2.75) is 99.4 Å². The third kappa shape index (κ3) is 6.27. The molecule has 1 spiro atoms. The van der Waals surface area contributed by atoms with Gasteiger partial charge < -0.3 is 29.7 Å². The highest BCUT2D eigenvalue weighted by atomic mass is 79.9. The van der Waals surface area contributed by atoms with Gasteiger partial charge in [0.2, 0.25) is 17.7 Å². The molecule has 1 unspecified atom stereocenters. The molecular weight excluding hydrogens is 594 g/mol. The number of halogens is 1. The Hall–Kier alpha value is -2.24. The van der Waals surface area contributed by atoms with E-state index in [0.29, 0.717) is 32.2 Å². The van der Waals surface area contributed by atoms with Gasteiger partial charge in [0.25, 0.3) is 0 Å². The van der Waals surface area contributed by atoms with Gasteiger partial charge in [-0.15, -0.1) is 13.2 Å². The molecule has 3 aliphatic heterocycles. The van der Waals surface area contributed by atoms with Gasteiger partial charge in [-0.2, -0.15) is 0 Å². The average molecular weight is 639 g/mol. The number of hydrogen-bond donors (Lipinski definition) is 2. The molecule has 2 bridgehead atoms. The van der Waals surface area contributed by atoms with Crippen LogP contribution in [-0.2, 0) is 28.7 Å². The van der Waals surface area contributed by atoms with Gasteiger partial charge in [0.05, 0.1) is 24.5 Å².